The Morgan fingerprint density at radius 1 is 1.45 bits per heavy atom. The third kappa shape index (κ3) is 3.64. The van der Waals surface area contributed by atoms with Gasteiger partial charge in [-0.2, -0.15) is 0 Å². The summed E-state index contributed by atoms with van der Waals surface area (Å²) in [7, 11) is 0. The fraction of sp³-hybridized carbons (Fsp3) is 0.765. The zero-order chi connectivity index (χ0) is 14.5. The molecule has 1 aliphatic rings. The second kappa shape index (κ2) is 7.28. The normalized spacial score (nSPS) is 29.5. The van der Waals surface area contributed by atoms with Gasteiger partial charge in [-0.1, -0.05) is 13.8 Å². The van der Waals surface area contributed by atoms with Crippen LogP contribution in [0, 0.1) is 5.92 Å². The predicted molar refractivity (Wildman–Crippen MR) is 83.9 cm³/mol. The fourth-order valence-electron chi connectivity index (χ4n) is 3.47. The van der Waals surface area contributed by atoms with E-state index in [0.29, 0.717) is 24.0 Å². The van der Waals surface area contributed by atoms with Crippen molar-refractivity contribution in [2.75, 3.05) is 13.1 Å². The van der Waals surface area contributed by atoms with Gasteiger partial charge in [-0.15, -0.1) is 0 Å². The average Bonchev–Trinajstić information content (AvgIpc) is 2.93. The summed E-state index contributed by atoms with van der Waals surface area (Å²) < 4.78 is 5.49. The molecule has 0 amide bonds. The second-order valence-corrected chi connectivity index (χ2v) is 6.32. The van der Waals surface area contributed by atoms with Gasteiger partial charge in [0, 0.05) is 31.1 Å². The van der Waals surface area contributed by atoms with Gasteiger partial charge in [-0.3, -0.25) is 4.90 Å². The maximum Gasteiger partial charge on any atom is 0.105 e. The van der Waals surface area contributed by atoms with Gasteiger partial charge in [0.25, 0.3) is 0 Å². The zero-order valence-electron chi connectivity index (χ0n) is 13.4. The highest BCUT2D eigenvalue weighted by atomic mass is 16.3. The van der Waals surface area contributed by atoms with E-state index in [0.717, 1.165) is 18.7 Å². The fourth-order valence-corrected chi connectivity index (χ4v) is 3.47. The first-order valence-electron chi connectivity index (χ1n) is 8.15. The van der Waals surface area contributed by atoms with E-state index in [9.17, 15) is 0 Å². The highest BCUT2D eigenvalue weighted by Gasteiger charge is 2.34. The number of nitrogens with one attached hydrogen (secondary N) is 1. The molecule has 20 heavy (non-hydrogen) atoms. The molecule has 0 aromatic carbocycles. The molecule has 0 radical (unpaired) electrons. The maximum absolute atomic E-state index is 5.49. The molecule has 3 heteroatoms. The van der Waals surface area contributed by atoms with Crippen molar-refractivity contribution in [3.8, 4) is 0 Å². The monoisotopic (exact) mass is 278 g/mol. The summed E-state index contributed by atoms with van der Waals surface area (Å²) in [5, 5.41) is 3.71. The van der Waals surface area contributed by atoms with Crippen molar-refractivity contribution in [3.63, 3.8) is 0 Å². The van der Waals surface area contributed by atoms with E-state index in [1.807, 2.05) is 6.07 Å². The molecule has 0 bridgehead atoms. The SMILES string of the molecule is CCCNC1CCN(C(C)Cc2ccco2)C(C)C1C. The van der Waals surface area contributed by atoms with Crippen LogP contribution in [0.2, 0.25) is 0 Å². The van der Waals surface area contributed by atoms with Crippen LogP contribution in [0.15, 0.2) is 22.8 Å². The van der Waals surface area contributed by atoms with E-state index in [-0.39, 0.29) is 0 Å². The molecule has 1 fully saturated rings. The number of likely N-dealkylation sites (tertiary alicyclic amines) is 1. The Labute approximate surface area is 123 Å². The summed E-state index contributed by atoms with van der Waals surface area (Å²) in [6, 6.07) is 5.92. The van der Waals surface area contributed by atoms with Crippen molar-refractivity contribution >= 4 is 0 Å². The van der Waals surface area contributed by atoms with Gasteiger partial charge in [-0.25, -0.2) is 0 Å². The lowest BCUT2D eigenvalue weighted by atomic mass is 9.85. The Hall–Kier alpha value is -0.800. The van der Waals surface area contributed by atoms with Crippen LogP contribution in [0.4, 0.5) is 0 Å². The first-order chi connectivity index (χ1) is 9.63. The Morgan fingerprint density at radius 3 is 2.90 bits per heavy atom. The highest BCUT2D eigenvalue weighted by molar-refractivity contribution is 5.01. The lowest BCUT2D eigenvalue weighted by Crippen LogP contribution is -2.56. The van der Waals surface area contributed by atoms with Gasteiger partial charge >= 0.3 is 0 Å². The Morgan fingerprint density at radius 2 is 2.25 bits per heavy atom. The molecule has 1 saturated heterocycles. The lowest BCUT2D eigenvalue weighted by molar-refractivity contribution is 0.0512. The molecule has 3 nitrogen and oxygen atoms in total. The van der Waals surface area contributed by atoms with Gasteiger partial charge < -0.3 is 9.73 Å². The third-order valence-corrected chi connectivity index (χ3v) is 4.92. The van der Waals surface area contributed by atoms with Gasteiger partial charge in [0.05, 0.1) is 6.26 Å². The molecule has 0 aliphatic carbocycles. The predicted octanol–water partition coefficient (Wildman–Crippen LogP) is 3.31. The first kappa shape index (κ1) is 15.6. The van der Waals surface area contributed by atoms with E-state index in [1.54, 1.807) is 6.26 Å². The number of rotatable bonds is 6. The van der Waals surface area contributed by atoms with Crippen LogP contribution in [0.5, 0.6) is 0 Å². The number of piperidine rings is 1. The summed E-state index contributed by atoms with van der Waals surface area (Å²) in [6.07, 6.45) is 5.26. The van der Waals surface area contributed by atoms with Gasteiger partial charge in [0.15, 0.2) is 0 Å². The van der Waals surface area contributed by atoms with Crippen molar-refractivity contribution in [1.29, 1.82) is 0 Å². The summed E-state index contributed by atoms with van der Waals surface area (Å²) in [5.74, 6) is 1.80. The van der Waals surface area contributed by atoms with Crippen LogP contribution in [-0.2, 0) is 6.42 Å². The topological polar surface area (TPSA) is 28.4 Å². The Kier molecular flexibility index (Phi) is 5.67. The van der Waals surface area contributed by atoms with E-state index >= 15 is 0 Å². The minimum Gasteiger partial charge on any atom is -0.469 e. The van der Waals surface area contributed by atoms with E-state index in [1.165, 1.54) is 19.4 Å². The van der Waals surface area contributed by atoms with Crippen LogP contribution >= 0.6 is 0 Å². The molecule has 2 rings (SSSR count). The van der Waals surface area contributed by atoms with E-state index in [2.05, 4.69) is 44.0 Å². The van der Waals surface area contributed by atoms with Crippen LogP contribution in [-0.4, -0.2) is 36.1 Å². The molecule has 4 unspecified atom stereocenters. The minimum atomic E-state index is 0.547. The molecular weight excluding hydrogens is 248 g/mol. The van der Waals surface area contributed by atoms with Crippen LogP contribution in [0.3, 0.4) is 0 Å². The van der Waals surface area contributed by atoms with Crippen molar-refractivity contribution in [3.05, 3.63) is 24.2 Å². The lowest BCUT2D eigenvalue weighted by Gasteiger charge is -2.45. The maximum atomic E-state index is 5.49. The van der Waals surface area contributed by atoms with Crippen molar-refractivity contribution < 1.29 is 4.42 Å². The summed E-state index contributed by atoms with van der Waals surface area (Å²) >= 11 is 0. The summed E-state index contributed by atoms with van der Waals surface area (Å²) in [5.41, 5.74) is 0. The van der Waals surface area contributed by atoms with Gasteiger partial charge in [-0.05, 0) is 51.3 Å². The highest BCUT2D eigenvalue weighted by Crippen LogP contribution is 2.26. The van der Waals surface area contributed by atoms with Crippen molar-refractivity contribution in [1.82, 2.24) is 10.2 Å². The summed E-state index contributed by atoms with van der Waals surface area (Å²) in [6.45, 7) is 11.7. The largest absolute Gasteiger partial charge is 0.469 e. The van der Waals surface area contributed by atoms with Gasteiger partial charge in [0.1, 0.15) is 5.76 Å². The molecule has 114 valence electrons. The second-order valence-electron chi connectivity index (χ2n) is 6.32. The zero-order valence-corrected chi connectivity index (χ0v) is 13.4. The molecule has 4 atom stereocenters. The third-order valence-electron chi connectivity index (χ3n) is 4.92. The number of nitrogens with zero attached hydrogens (tertiary/aromatic N) is 1. The molecule has 1 N–H and O–H groups in total. The van der Waals surface area contributed by atoms with Crippen molar-refractivity contribution in [2.24, 2.45) is 5.92 Å². The van der Waals surface area contributed by atoms with Crippen LogP contribution < -0.4 is 5.32 Å². The number of hydrogen-bond donors (Lipinski definition) is 1. The standard InChI is InChI=1S/C17H30N2O/c1-5-9-18-17-8-10-19(15(4)14(17)3)13(2)12-16-7-6-11-20-16/h6-7,11,13-15,17-18H,5,8-10,12H2,1-4H3. The Bertz CT molecular complexity index is 376. The quantitative estimate of drug-likeness (QED) is 0.865. The minimum absolute atomic E-state index is 0.547. The number of hydrogen-bond acceptors (Lipinski definition) is 3. The van der Waals surface area contributed by atoms with Gasteiger partial charge in [0.2, 0.25) is 0 Å². The average molecular weight is 278 g/mol. The van der Waals surface area contributed by atoms with E-state index in [4.69, 9.17) is 4.42 Å². The number of furan rings is 1. The molecule has 2 heterocycles. The molecule has 1 aromatic rings. The molecular formula is C17H30N2O. The van der Waals surface area contributed by atoms with Crippen molar-refractivity contribution in [2.45, 2.75) is 65.1 Å². The molecule has 0 saturated carbocycles. The van der Waals surface area contributed by atoms with E-state index < -0.39 is 0 Å². The van der Waals surface area contributed by atoms with Crippen LogP contribution in [0.1, 0.15) is 46.3 Å². The molecule has 1 aliphatic heterocycles. The Balaban J connectivity index is 1.90. The molecule has 0 spiro atoms. The van der Waals surface area contributed by atoms with Crippen LogP contribution in [0.25, 0.3) is 0 Å². The molecule has 1 aromatic heterocycles. The first-order valence-corrected chi connectivity index (χ1v) is 8.15. The smallest absolute Gasteiger partial charge is 0.105 e. The summed E-state index contributed by atoms with van der Waals surface area (Å²) in [4.78, 5) is 2.65.